The minimum atomic E-state index is -0.303. The summed E-state index contributed by atoms with van der Waals surface area (Å²) in [6.45, 7) is 2.58. The predicted octanol–water partition coefficient (Wildman–Crippen LogP) is 1.70. The molecule has 1 atom stereocenters. The molecule has 15 heavy (non-hydrogen) atoms. The van der Waals surface area contributed by atoms with E-state index in [0.29, 0.717) is 17.9 Å². The summed E-state index contributed by atoms with van der Waals surface area (Å²) in [7, 11) is 1.61. The molecule has 0 fully saturated rings. The molecule has 0 heterocycles. The zero-order valence-corrected chi connectivity index (χ0v) is 9.00. The largest absolute Gasteiger partial charge is 0.491 e. The van der Waals surface area contributed by atoms with Gasteiger partial charge in [0.05, 0.1) is 6.10 Å². The maximum Gasteiger partial charge on any atom is 0.124 e. The van der Waals surface area contributed by atoms with Gasteiger partial charge in [0.1, 0.15) is 18.2 Å². The van der Waals surface area contributed by atoms with E-state index in [4.69, 9.17) is 15.2 Å². The second-order valence-electron chi connectivity index (χ2n) is 3.31. The first-order valence-corrected chi connectivity index (χ1v) is 4.81. The van der Waals surface area contributed by atoms with Gasteiger partial charge in [0.15, 0.2) is 0 Å². The highest BCUT2D eigenvalue weighted by Gasteiger charge is 2.06. The minimum absolute atomic E-state index is 0.000627. The third-order valence-electron chi connectivity index (χ3n) is 2.12. The number of benzene rings is 1. The fourth-order valence-corrected chi connectivity index (χ4v) is 1.12. The molecule has 84 valence electrons. The summed E-state index contributed by atoms with van der Waals surface area (Å²) in [5.41, 5.74) is 6.15. The maximum atomic E-state index is 12.9. The number of hydrogen-bond donors (Lipinski definition) is 1. The van der Waals surface area contributed by atoms with Crippen LogP contribution in [0.2, 0.25) is 0 Å². The highest BCUT2D eigenvalue weighted by Crippen LogP contribution is 2.19. The molecular formula is C11H16FNO2. The average molecular weight is 213 g/mol. The molecule has 0 radical (unpaired) electrons. The Morgan fingerprint density at radius 2 is 2.20 bits per heavy atom. The number of methoxy groups -OCH3 is 1. The van der Waals surface area contributed by atoms with Crippen LogP contribution in [0.15, 0.2) is 18.2 Å². The zero-order valence-electron chi connectivity index (χ0n) is 9.00. The van der Waals surface area contributed by atoms with Gasteiger partial charge in [-0.25, -0.2) is 4.39 Å². The van der Waals surface area contributed by atoms with E-state index in [0.717, 1.165) is 0 Å². The number of halogens is 1. The van der Waals surface area contributed by atoms with E-state index in [1.54, 1.807) is 13.2 Å². The van der Waals surface area contributed by atoms with Crippen molar-refractivity contribution in [1.82, 2.24) is 0 Å². The quantitative estimate of drug-likeness (QED) is 0.809. The molecule has 3 nitrogen and oxygen atoms in total. The van der Waals surface area contributed by atoms with Gasteiger partial charge in [-0.1, -0.05) is 0 Å². The van der Waals surface area contributed by atoms with Crippen LogP contribution in [0.5, 0.6) is 5.75 Å². The van der Waals surface area contributed by atoms with E-state index in [9.17, 15) is 4.39 Å². The van der Waals surface area contributed by atoms with Crippen molar-refractivity contribution in [3.8, 4) is 5.75 Å². The van der Waals surface area contributed by atoms with Gasteiger partial charge in [-0.15, -0.1) is 0 Å². The van der Waals surface area contributed by atoms with E-state index < -0.39 is 0 Å². The topological polar surface area (TPSA) is 44.5 Å². The van der Waals surface area contributed by atoms with Crippen LogP contribution in [0.1, 0.15) is 12.5 Å². The molecule has 1 rings (SSSR count). The summed E-state index contributed by atoms with van der Waals surface area (Å²) >= 11 is 0. The third kappa shape index (κ3) is 3.49. The van der Waals surface area contributed by atoms with Crippen LogP contribution in [0, 0.1) is 5.82 Å². The lowest BCUT2D eigenvalue weighted by atomic mass is 10.2. The van der Waals surface area contributed by atoms with Crippen LogP contribution >= 0.6 is 0 Å². The van der Waals surface area contributed by atoms with Crippen molar-refractivity contribution >= 4 is 0 Å². The van der Waals surface area contributed by atoms with Gasteiger partial charge >= 0.3 is 0 Å². The minimum Gasteiger partial charge on any atom is -0.491 e. The predicted molar refractivity (Wildman–Crippen MR) is 56.3 cm³/mol. The standard InChI is InChI=1S/C11H16FNO2/c1-8(14-2)7-15-11-4-3-10(12)5-9(11)6-13/h3-5,8H,6-7,13H2,1-2H3. The van der Waals surface area contributed by atoms with E-state index in [-0.39, 0.29) is 18.5 Å². The molecule has 0 spiro atoms. The van der Waals surface area contributed by atoms with E-state index in [2.05, 4.69) is 0 Å². The van der Waals surface area contributed by atoms with Crippen molar-refractivity contribution in [2.75, 3.05) is 13.7 Å². The molecule has 0 aliphatic carbocycles. The molecule has 1 unspecified atom stereocenters. The van der Waals surface area contributed by atoms with Crippen LogP contribution in [-0.2, 0) is 11.3 Å². The summed E-state index contributed by atoms with van der Waals surface area (Å²) in [4.78, 5) is 0. The fraction of sp³-hybridized carbons (Fsp3) is 0.455. The summed E-state index contributed by atoms with van der Waals surface area (Å²) in [5.74, 6) is 0.311. The Balaban J connectivity index is 2.67. The van der Waals surface area contributed by atoms with Crippen molar-refractivity contribution in [2.45, 2.75) is 19.6 Å². The van der Waals surface area contributed by atoms with Gasteiger partial charge in [0.2, 0.25) is 0 Å². The van der Waals surface area contributed by atoms with Crippen molar-refractivity contribution < 1.29 is 13.9 Å². The normalized spacial score (nSPS) is 12.5. The van der Waals surface area contributed by atoms with E-state index in [1.165, 1.54) is 12.1 Å². The van der Waals surface area contributed by atoms with Crippen molar-refractivity contribution in [1.29, 1.82) is 0 Å². The molecule has 1 aromatic carbocycles. The first-order chi connectivity index (χ1) is 7.17. The van der Waals surface area contributed by atoms with Crippen molar-refractivity contribution in [2.24, 2.45) is 5.73 Å². The molecule has 0 aliphatic heterocycles. The van der Waals surface area contributed by atoms with Gasteiger partial charge in [-0.05, 0) is 25.1 Å². The Morgan fingerprint density at radius 3 is 2.80 bits per heavy atom. The van der Waals surface area contributed by atoms with Crippen LogP contribution in [-0.4, -0.2) is 19.8 Å². The molecule has 0 saturated heterocycles. The highest BCUT2D eigenvalue weighted by atomic mass is 19.1. The second kappa shape index (κ2) is 5.68. The lowest BCUT2D eigenvalue weighted by Crippen LogP contribution is -2.17. The summed E-state index contributed by atoms with van der Waals surface area (Å²) in [6.07, 6.45) is 0.000627. The first kappa shape index (κ1) is 11.9. The molecule has 2 N–H and O–H groups in total. The number of hydrogen-bond acceptors (Lipinski definition) is 3. The van der Waals surface area contributed by atoms with Crippen LogP contribution < -0.4 is 10.5 Å². The van der Waals surface area contributed by atoms with Gasteiger partial charge in [0.25, 0.3) is 0 Å². The Kier molecular flexibility index (Phi) is 4.52. The highest BCUT2D eigenvalue weighted by molar-refractivity contribution is 5.33. The summed E-state index contributed by atoms with van der Waals surface area (Å²) < 4.78 is 23.4. The van der Waals surface area contributed by atoms with Crippen molar-refractivity contribution in [3.63, 3.8) is 0 Å². The van der Waals surface area contributed by atoms with E-state index in [1.807, 2.05) is 6.92 Å². The molecular weight excluding hydrogens is 197 g/mol. The molecule has 0 aliphatic rings. The fourth-order valence-electron chi connectivity index (χ4n) is 1.12. The average Bonchev–Trinajstić information content (AvgIpc) is 2.26. The molecule has 0 amide bonds. The zero-order chi connectivity index (χ0) is 11.3. The molecule has 4 heteroatoms. The molecule has 0 bridgehead atoms. The summed E-state index contributed by atoms with van der Waals surface area (Å²) in [6, 6.07) is 4.32. The Bertz CT molecular complexity index is 317. The van der Waals surface area contributed by atoms with Crippen LogP contribution in [0.3, 0.4) is 0 Å². The Labute approximate surface area is 89.0 Å². The molecule has 1 aromatic rings. The second-order valence-corrected chi connectivity index (χ2v) is 3.31. The lowest BCUT2D eigenvalue weighted by Gasteiger charge is -2.13. The van der Waals surface area contributed by atoms with Crippen LogP contribution in [0.25, 0.3) is 0 Å². The van der Waals surface area contributed by atoms with Gasteiger partial charge < -0.3 is 15.2 Å². The van der Waals surface area contributed by atoms with Gasteiger partial charge in [-0.3, -0.25) is 0 Å². The summed E-state index contributed by atoms with van der Waals surface area (Å²) in [5, 5.41) is 0. The number of ether oxygens (including phenoxy) is 2. The Hall–Kier alpha value is -1.13. The molecule has 0 aromatic heterocycles. The molecule has 0 saturated carbocycles. The van der Waals surface area contributed by atoms with Crippen LogP contribution in [0.4, 0.5) is 4.39 Å². The Morgan fingerprint density at radius 1 is 1.47 bits per heavy atom. The number of nitrogens with two attached hydrogens (primary N) is 1. The third-order valence-corrected chi connectivity index (χ3v) is 2.12. The smallest absolute Gasteiger partial charge is 0.124 e. The first-order valence-electron chi connectivity index (χ1n) is 4.81. The van der Waals surface area contributed by atoms with Gasteiger partial charge in [0, 0.05) is 19.2 Å². The monoisotopic (exact) mass is 213 g/mol. The maximum absolute atomic E-state index is 12.9. The SMILES string of the molecule is COC(C)COc1ccc(F)cc1CN. The lowest BCUT2D eigenvalue weighted by molar-refractivity contribution is 0.0713. The van der Waals surface area contributed by atoms with Gasteiger partial charge in [-0.2, -0.15) is 0 Å². The van der Waals surface area contributed by atoms with E-state index >= 15 is 0 Å². The number of rotatable bonds is 5. The van der Waals surface area contributed by atoms with Crippen molar-refractivity contribution in [3.05, 3.63) is 29.6 Å².